The van der Waals surface area contributed by atoms with Crippen LogP contribution < -0.4 is 14.8 Å². The average Bonchev–Trinajstić information content (AvgIpc) is 2.97. The topological polar surface area (TPSA) is 89.1 Å². The molecule has 2 heterocycles. The molecule has 7 heteroatoms. The van der Waals surface area contributed by atoms with Crippen LogP contribution in [0.5, 0.6) is 11.5 Å². The molecule has 0 aliphatic carbocycles. The maximum Gasteiger partial charge on any atom is 0.257 e. The second-order valence-electron chi connectivity index (χ2n) is 3.38. The SMILES string of the molecule is O=C(Nc1cn[nH]n1)c1ccc2c(c1)OCO2. The van der Waals surface area contributed by atoms with Crippen LogP contribution in [-0.2, 0) is 0 Å². The molecule has 0 atom stereocenters. The van der Waals surface area contributed by atoms with E-state index in [9.17, 15) is 4.79 Å². The van der Waals surface area contributed by atoms with E-state index in [0.29, 0.717) is 22.9 Å². The smallest absolute Gasteiger partial charge is 0.257 e. The number of nitrogens with zero attached hydrogens (tertiary/aromatic N) is 2. The molecule has 2 N–H and O–H groups in total. The number of nitrogens with one attached hydrogen (secondary N) is 2. The lowest BCUT2D eigenvalue weighted by molar-refractivity contribution is 0.102. The summed E-state index contributed by atoms with van der Waals surface area (Å²) >= 11 is 0. The van der Waals surface area contributed by atoms with Gasteiger partial charge in [-0.3, -0.25) is 4.79 Å². The molecule has 0 fully saturated rings. The number of carbonyl (C=O) groups is 1. The molecular weight excluding hydrogens is 224 g/mol. The van der Waals surface area contributed by atoms with Crippen LogP contribution in [-0.4, -0.2) is 28.1 Å². The van der Waals surface area contributed by atoms with E-state index in [4.69, 9.17) is 9.47 Å². The largest absolute Gasteiger partial charge is 0.454 e. The second-order valence-corrected chi connectivity index (χ2v) is 3.38. The van der Waals surface area contributed by atoms with Crippen molar-refractivity contribution in [3.05, 3.63) is 30.0 Å². The third kappa shape index (κ3) is 1.78. The molecule has 0 spiro atoms. The summed E-state index contributed by atoms with van der Waals surface area (Å²) in [4.78, 5) is 11.8. The lowest BCUT2D eigenvalue weighted by Gasteiger charge is -2.02. The molecule has 0 saturated heterocycles. The van der Waals surface area contributed by atoms with E-state index in [1.165, 1.54) is 6.20 Å². The van der Waals surface area contributed by atoms with Gasteiger partial charge in [-0.15, -0.1) is 5.10 Å². The summed E-state index contributed by atoms with van der Waals surface area (Å²) in [6, 6.07) is 4.97. The fourth-order valence-electron chi connectivity index (χ4n) is 1.49. The van der Waals surface area contributed by atoms with Crippen molar-refractivity contribution < 1.29 is 14.3 Å². The zero-order chi connectivity index (χ0) is 11.7. The van der Waals surface area contributed by atoms with Crippen molar-refractivity contribution in [2.75, 3.05) is 12.1 Å². The number of ether oxygens (including phenoxy) is 2. The predicted molar refractivity (Wildman–Crippen MR) is 56.9 cm³/mol. The molecule has 1 aliphatic rings. The number of amides is 1. The Kier molecular flexibility index (Phi) is 2.14. The van der Waals surface area contributed by atoms with Gasteiger partial charge in [0.05, 0.1) is 6.20 Å². The van der Waals surface area contributed by atoms with Gasteiger partial charge in [-0.1, -0.05) is 0 Å². The van der Waals surface area contributed by atoms with Crippen LogP contribution in [0.25, 0.3) is 0 Å². The number of anilines is 1. The number of hydrogen-bond donors (Lipinski definition) is 2. The highest BCUT2D eigenvalue weighted by Gasteiger charge is 2.16. The van der Waals surface area contributed by atoms with Crippen LogP contribution in [0, 0.1) is 0 Å². The van der Waals surface area contributed by atoms with Crippen molar-refractivity contribution in [3.63, 3.8) is 0 Å². The summed E-state index contributed by atoms with van der Waals surface area (Å²) < 4.78 is 10.3. The highest BCUT2D eigenvalue weighted by atomic mass is 16.7. The molecule has 3 rings (SSSR count). The van der Waals surface area contributed by atoms with Crippen LogP contribution >= 0.6 is 0 Å². The summed E-state index contributed by atoms with van der Waals surface area (Å²) in [5.41, 5.74) is 0.470. The first-order chi connectivity index (χ1) is 8.33. The molecule has 7 nitrogen and oxygen atoms in total. The molecule has 17 heavy (non-hydrogen) atoms. The molecule has 0 bridgehead atoms. The number of benzene rings is 1. The van der Waals surface area contributed by atoms with Crippen molar-refractivity contribution >= 4 is 11.7 Å². The molecule has 1 aromatic heterocycles. The second kappa shape index (κ2) is 3.78. The predicted octanol–water partition coefficient (Wildman–Crippen LogP) is 0.786. The van der Waals surface area contributed by atoms with Crippen molar-refractivity contribution in [3.8, 4) is 11.5 Å². The Morgan fingerprint density at radius 2 is 2.24 bits per heavy atom. The summed E-state index contributed by atoms with van der Waals surface area (Å²) in [6.07, 6.45) is 1.42. The van der Waals surface area contributed by atoms with E-state index >= 15 is 0 Å². The van der Waals surface area contributed by atoms with Gasteiger partial charge in [-0.05, 0) is 18.2 Å². The number of rotatable bonds is 2. The number of aromatic nitrogens is 3. The van der Waals surface area contributed by atoms with Crippen LogP contribution in [0.2, 0.25) is 0 Å². The van der Waals surface area contributed by atoms with Gasteiger partial charge in [0.15, 0.2) is 17.3 Å². The lowest BCUT2D eigenvalue weighted by atomic mass is 10.2. The maximum absolute atomic E-state index is 11.8. The lowest BCUT2D eigenvalue weighted by Crippen LogP contribution is -2.12. The average molecular weight is 232 g/mol. The number of carbonyl (C=O) groups excluding carboxylic acids is 1. The minimum atomic E-state index is -0.280. The molecule has 0 radical (unpaired) electrons. The van der Waals surface area contributed by atoms with Gasteiger partial charge < -0.3 is 14.8 Å². The van der Waals surface area contributed by atoms with Gasteiger partial charge in [0.2, 0.25) is 6.79 Å². The molecule has 1 aromatic carbocycles. The molecule has 0 unspecified atom stereocenters. The third-order valence-electron chi connectivity index (χ3n) is 2.29. The Morgan fingerprint density at radius 1 is 1.35 bits per heavy atom. The molecule has 86 valence electrons. The normalized spacial score (nSPS) is 12.5. The van der Waals surface area contributed by atoms with Crippen LogP contribution in [0.15, 0.2) is 24.4 Å². The fraction of sp³-hybridized carbons (Fsp3) is 0.100. The minimum Gasteiger partial charge on any atom is -0.454 e. The van der Waals surface area contributed by atoms with Crippen LogP contribution in [0.4, 0.5) is 5.82 Å². The Hall–Kier alpha value is -2.57. The monoisotopic (exact) mass is 232 g/mol. The minimum absolute atomic E-state index is 0.184. The van der Waals surface area contributed by atoms with Gasteiger partial charge in [-0.25, -0.2) is 0 Å². The maximum atomic E-state index is 11.8. The van der Waals surface area contributed by atoms with Crippen molar-refractivity contribution in [1.29, 1.82) is 0 Å². The van der Waals surface area contributed by atoms with Crippen molar-refractivity contribution in [1.82, 2.24) is 15.4 Å². The number of aromatic amines is 1. The summed E-state index contributed by atoms with van der Waals surface area (Å²) in [7, 11) is 0. The molecule has 2 aromatic rings. The molecule has 0 saturated carbocycles. The van der Waals surface area contributed by atoms with Gasteiger partial charge in [0.25, 0.3) is 5.91 Å². The Bertz CT molecular complexity index is 553. The summed E-state index contributed by atoms with van der Waals surface area (Å²) in [5.74, 6) is 1.30. The zero-order valence-electron chi connectivity index (χ0n) is 8.64. The van der Waals surface area contributed by atoms with E-state index < -0.39 is 0 Å². The highest BCUT2D eigenvalue weighted by molar-refractivity contribution is 6.04. The third-order valence-corrected chi connectivity index (χ3v) is 2.29. The summed E-state index contributed by atoms with van der Waals surface area (Å²) in [5, 5.41) is 12.3. The van der Waals surface area contributed by atoms with E-state index in [0.717, 1.165) is 0 Å². The van der Waals surface area contributed by atoms with E-state index in [-0.39, 0.29) is 12.7 Å². The molecular formula is C10H8N4O3. The van der Waals surface area contributed by atoms with E-state index in [1.807, 2.05) is 0 Å². The van der Waals surface area contributed by atoms with Gasteiger partial charge in [-0.2, -0.15) is 10.3 Å². The number of fused-ring (bicyclic) bond motifs is 1. The van der Waals surface area contributed by atoms with E-state index in [1.54, 1.807) is 18.2 Å². The number of hydrogen-bond acceptors (Lipinski definition) is 5. The molecule has 1 amide bonds. The quantitative estimate of drug-likeness (QED) is 0.798. The van der Waals surface area contributed by atoms with Crippen molar-refractivity contribution in [2.24, 2.45) is 0 Å². The van der Waals surface area contributed by atoms with Crippen LogP contribution in [0.3, 0.4) is 0 Å². The first kappa shape index (κ1) is 9.64. The molecule has 1 aliphatic heterocycles. The fourth-order valence-corrected chi connectivity index (χ4v) is 1.49. The Morgan fingerprint density at radius 3 is 3.06 bits per heavy atom. The highest BCUT2D eigenvalue weighted by Crippen LogP contribution is 2.32. The Balaban J connectivity index is 1.82. The first-order valence-corrected chi connectivity index (χ1v) is 4.90. The number of H-pyrrole nitrogens is 1. The van der Waals surface area contributed by atoms with Gasteiger partial charge in [0.1, 0.15) is 0 Å². The van der Waals surface area contributed by atoms with Gasteiger partial charge >= 0.3 is 0 Å². The van der Waals surface area contributed by atoms with Gasteiger partial charge in [0, 0.05) is 5.56 Å². The summed E-state index contributed by atoms with van der Waals surface area (Å²) in [6.45, 7) is 0.184. The van der Waals surface area contributed by atoms with E-state index in [2.05, 4.69) is 20.7 Å². The first-order valence-electron chi connectivity index (χ1n) is 4.90. The van der Waals surface area contributed by atoms with Crippen molar-refractivity contribution in [2.45, 2.75) is 0 Å². The van der Waals surface area contributed by atoms with Crippen LogP contribution in [0.1, 0.15) is 10.4 Å². The Labute approximate surface area is 95.7 Å². The standard InChI is InChI=1S/C10H8N4O3/c15-10(12-9-4-11-14-13-9)6-1-2-7-8(3-6)17-5-16-7/h1-4H,5H2,(H2,11,12,13,14,15). The zero-order valence-corrected chi connectivity index (χ0v) is 8.64.